The summed E-state index contributed by atoms with van der Waals surface area (Å²) in [7, 11) is 1.60. The van der Waals surface area contributed by atoms with E-state index < -0.39 is 23.9 Å². The Morgan fingerprint density at radius 1 is 1.12 bits per heavy atom. The molecule has 0 aromatic heterocycles. The first-order chi connectivity index (χ1) is 15.3. The number of hydrogen-bond acceptors (Lipinski definition) is 4. The van der Waals surface area contributed by atoms with Crippen LogP contribution < -0.4 is 10.6 Å². The lowest BCUT2D eigenvalue weighted by molar-refractivity contribution is -0.143. The van der Waals surface area contributed by atoms with Crippen molar-refractivity contribution < 1.29 is 19.5 Å². The zero-order valence-electron chi connectivity index (χ0n) is 20.5. The van der Waals surface area contributed by atoms with Crippen LogP contribution >= 0.6 is 0 Å². The van der Waals surface area contributed by atoms with Crippen molar-refractivity contribution in [3.8, 4) is 0 Å². The molecule has 3 amide bonds. The van der Waals surface area contributed by atoms with Gasteiger partial charge in [-0.25, -0.2) is 0 Å². The average Bonchev–Trinajstić information content (AvgIpc) is 3.06. The van der Waals surface area contributed by atoms with Crippen molar-refractivity contribution >= 4 is 17.7 Å². The van der Waals surface area contributed by atoms with Gasteiger partial charge in [0.1, 0.15) is 6.04 Å². The monoisotopic (exact) mass is 449 g/mol. The molecule has 182 valence electrons. The van der Waals surface area contributed by atoms with Crippen molar-refractivity contribution in [1.29, 1.82) is 0 Å². The Labute approximate surface area is 193 Å². The molecule has 0 bridgehead atoms. The highest BCUT2D eigenvalue weighted by molar-refractivity contribution is 5.97. The number of hydrogen-bond donors (Lipinski definition) is 3. The second kappa shape index (κ2) is 12.4. The van der Waals surface area contributed by atoms with E-state index in [1.165, 1.54) is 0 Å². The van der Waals surface area contributed by atoms with Crippen LogP contribution in [0.1, 0.15) is 66.2 Å². The van der Waals surface area contributed by atoms with Gasteiger partial charge in [0.05, 0.1) is 24.5 Å². The van der Waals surface area contributed by atoms with Crippen LogP contribution in [-0.4, -0.2) is 60.0 Å². The topological polar surface area (TPSA) is 98.7 Å². The molecule has 0 aromatic rings. The summed E-state index contributed by atoms with van der Waals surface area (Å²) in [5.74, 6) is -1.73. The average molecular weight is 450 g/mol. The van der Waals surface area contributed by atoms with E-state index in [2.05, 4.69) is 24.5 Å². The Morgan fingerprint density at radius 2 is 1.84 bits per heavy atom. The maximum atomic E-state index is 13.8. The first-order valence-electron chi connectivity index (χ1n) is 12.4. The molecule has 0 saturated carbocycles. The van der Waals surface area contributed by atoms with Gasteiger partial charge in [-0.1, -0.05) is 59.1 Å². The third kappa shape index (κ3) is 5.72. The molecule has 7 heteroatoms. The van der Waals surface area contributed by atoms with E-state index in [1.54, 1.807) is 11.9 Å². The molecule has 1 saturated heterocycles. The smallest absolute Gasteiger partial charge is 0.243 e. The van der Waals surface area contributed by atoms with E-state index in [-0.39, 0.29) is 42.1 Å². The number of likely N-dealkylation sites (tertiary alicyclic amines) is 1. The Bertz CT molecular complexity index is 678. The Morgan fingerprint density at radius 3 is 2.41 bits per heavy atom. The van der Waals surface area contributed by atoms with Gasteiger partial charge in [0.25, 0.3) is 0 Å². The Balaban J connectivity index is 2.44. The van der Waals surface area contributed by atoms with E-state index >= 15 is 0 Å². The van der Waals surface area contributed by atoms with Gasteiger partial charge in [0, 0.05) is 19.5 Å². The van der Waals surface area contributed by atoms with Crippen LogP contribution in [0.3, 0.4) is 0 Å². The van der Waals surface area contributed by atoms with Crippen molar-refractivity contribution in [2.45, 2.75) is 78.3 Å². The van der Waals surface area contributed by atoms with Gasteiger partial charge in [0.2, 0.25) is 17.7 Å². The lowest BCUT2D eigenvalue weighted by Crippen LogP contribution is -2.52. The summed E-state index contributed by atoms with van der Waals surface area (Å²) in [6.07, 6.45) is 9.34. The van der Waals surface area contributed by atoms with Gasteiger partial charge in [-0.05, 0) is 31.1 Å². The third-order valence-corrected chi connectivity index (χ3v) is 6.91. The molecule has 0 radical (unpaired) electrons. The summed E-state index contributed by atoms with van der Waals surface area (Å²) in [5, 5.41) is 15.9. The molecular weight excluding hydrogens is 406 g/mol. The molecule has 1 aliphatic heterocycles. The van der Waals surface area contributed by atoms with E-state index in [4.69, 9.17) is 0 Å². The summed E-state index contributed by atoms with van der Waals surface area (Å²) >= 11 is 0. The zero-order valence-corrected chi connectivity index (χ0v) is 20.5. The first kappa shape index (κ1) is 26.4. The van der Waals surface area contributed by atoms with E-state index in [1.807, 2.05) is 26.0 Å². The maximum Gasteiger partial charge on any atom is 0.243 e. The first-order valence-corrected chi connectivity index (χ1v) is 12.4. The van der Waals surface area contributed by atoms with Gasteiger partial charge in [0.15, 0.2) is 0 Å². The van der Waals surface area contributed by atoms with Gasteiger partial charge in [-0.15, -0.1) is 0 Å². The molecule has 3 N–H and O–H groups in total. The van der Waals surface area contributed by atoms with Crippen molar-refractivity contribution in [2.75, 3.05) is 20.2 Å². The largest absolute Gasteiger partial charge is 0.394 e. The highest BCUT2D eigenvalue weighted by Crippen LogP contribution is 2.46. The lowest BCUT2D eigenvalue weighted by atomic mass is 9.68. The minimum absolute atomic E-state index is 0.0314. The van der Waals surface area contributed by atoms with Crippen LogP contribution in [0.15, 0.2) is 12.2 Å². The third-order valence-electron chi connectivity index (χ3n) is 6.91. The van der Waals surface area contributed by atoms with Gasteiger partial charge >= 0.3 is 0 Å². The molecule has 2 aliphatic rings. The Kier molecular flexibility index (Phi) is 10.2. The molecule has 1 aliphatic carbocycles. The molecule has 0 unspecified atom stereocenters. The van der Waals surface area contributed by atoms with Gasteiger partial charge < -0.3 is 20.6 Å². The van der Waals surface area contributed by atoms with Crippen LogP contribution in [0.5, 0.6) is 0 Å². The number of unbranched alkanes of at least 4 members (excludes halogenated alkanes) is 2. The molecule has 32 heavy (non-hydrogen) atoms. The number of aliphatic hydroxyl groups excluding tert-OH is 1. The SMILES string of the molecule is CCCCCNC(=O)[C@@H]1[C@H]2C=C[C@@H](CCC)[C@@H](C(=O)NC)[C@@H]2C(=O)N1[C@@H](CO)CC(C)C. The predicted molar refractivity (Wildman–Crippen MR) is 126 cm³/mol. The highest BCUT2D eigenvalue weighted by atomic mass is 16.3. The van der Waals surface area contributed by atoms with E-state index in [0.717, 1.165) is 32.1 Å². The minimum atomic E-state index is -0.698. The molecule has 7 nitrogen and oxygen atoms in total. The summed E-state index contributed by atoms with van der Waals surface area (Å²) in [6.45, 7) is 8.63. The highest BCUT2D eigenvalue weighted by Gasteiger charge is 2.58. The van der Waals surface area contributed by atoms with Crippen LogP contribution in [0.25, 0.3) is 0 Å². The maximum absolute atomic E-state index is 13.8. The summed E-state index contributed by atoms with van der Waals surface area (Å²) < 4.78 is 0. The minimum Gasteiger partial charge on any atom is -0.394 e. The Hall–Kier alpha value is -1.89. The fourth-order valence-corrected chi connectivity index (χ4v) is 5.48. The van der Waals surface area contributed by atoms with Crippen molar-refractivity contribution in [3.05, 3.63) is 12.2 Å². The standard InChI is InChI=1S/C25H43N3O4/c1-6-8-9-13-27-24(31)22-19-12-11-17(10-7-2)20(23(30)26-5)21(19)25(32)28(22)18(15-29)14-16(3)4/h11-12,16-22,29H,6-10,13-15H2,1-5H3,(H,26,30)(H,27,31)/t17-,18-,19+,20-,21-,22+/m1/s1. The molecule has 0 aromatic carbocycles. The molecular formula is C25H43N3O4. The van der Waals surface area contributed by atoms with E-state index in [9.17, 15) is 19.5 Å². The number of aliphatic hydroxyl groups is 1. The number of amides is 3. The van der Waals surface area contributed by atoms with E-state index in [0.29, 0.717) is 13.0 Å². The quantitative estimate of drug-likeness (QED) is 0.315. The second-order valence-electron chi connectivity index (χ2n) is 9.74. The summed E-state index contributed by atoms with van der Waals surface area (Å²) in [6, 6.07) is -1.14. The van der Waals surface area contributed by atoms with Crippen molar-refractivity contribution in [3.63, 3.8) is 0 Å². The number of carbonyl (C=O) groups is 3. The van der Waals surface area contributed by atoms with Gasteiger partial charge in [-0.2, -0.15) is 0 Å². The number of nitrogens with zero attached hydrogens (tertiary/aromatic N) is 1. The van der Waals surface area contributed by atoms with Crippen LogP contribution in [-0.2, 0) is 14.4 Å². The molecule has 1 heterocycles. The molecule has 6 atom stereocenters. The zero-order chi connectivity index (χ0) is 23.8. The number of fused-ring (bicyclic) bond motifs is 1. The normalized spacial score (nSPS) is 28.0. The van der Waals surface area contributed by atoms with Crippen molar-refractivity contribution in [1.82, 2.24) is 15.5 Å². The molecule has 1 fully saturated rings. The van der Waals surface area contributed by atoms with Crippen LogP contribution in [0, 0.1) is 29.6 Å². The second-order valence-corrected chi connectivity index (χ2v) is 9.74. The summed E-state index contributed by atoms with van der Waals surface area (Å²) in [4.78, 5) is 41.7. The number of carbonyl (C=O) groups excluding carboxylic acids is 3. The molecule has 0 spiro atoms. The van der Waals surface area contributed by atoms with Gasteiger partial charge in [-0.3, -0.25) is 14.4 Å². The number of allylic oxidation sites excluding steroid dienone is 1. The predicted octanol–water partition coefficient (Wildman–Crippen LogP) is 2.49. The van der Waals surface area contributed by atoms with Crippen molar-refractivity contribution in [2.24, 2.45) is 29.6 Å². The fraction of sp³-hybridized carbons (Fsp3) is 0.800. The number of rotatable bonds is 12. The van der Waals surface area contributed by atoms with Crippen LogP contribution in [0.4, 0.5) is 0 Å². The fourth-order valence-electron chi connectivity index (χ4n) is 5.48. The lowest BCUT2D eigenvalue weighted by Gasteiger charge is -2.34. The van der Waals surface area contributed by atoms with Crippen LogP contribution in [0.2, 0.25) is 0 Å². The number of nitrogens with one attached hydrogen (secondary N) is 2. The summed E-state index contributed by atoms with van der Waals surface area (Å²) in [5.41, 5.74) is 0. The molecule has 2 rings (SSSR count).